The van der Waals surface area contributed by atoms with Crippen LogP contribution in [0, 0.1) is 6.92 Å². The van der Waals surface area contributed by atoms with E-state index in [9.17, 15) is 0 Å². The van der Waals surface area contributed by atoms with Crippen molar-refractivity contribution < 1.29 is 14.2 Å². The van der Waals surface area contributed by atoms with Gasteiger partial charge in [-0.1, -0.05) is 54.1 Å². The minimum Gasteiger partial charge on any atom is -0.424 e. The van der Waals surface area contributed by atoms with E-state index in [-0.39, 0.29) is 18.0 Å². The molecule has 138 valence electrons. The number of hydrogen-bond acceptors (Lipinski definition) is 6. The smallest absolute Gasteiger partial charge is 0.331 e. The monoisotopic (exact) mass is 371 g/mol. The summed E-state index contributed by atoms with van der Waals surface area (Å²) in [5, 5.41) is 0. The van der Waals surface area contributed by atoms with Crippen molar-refractivity contribution in [3.63, 3.8) is 0 Å². The van der Waals surface area contributed by atoms with Crippen LogP contribution in [-0.4, -0.2) is 15.0 Å². The highest BCUT2D eigenvalue weighted by atomic mass is 16.5. The average Bonchev–Trinajstić information content (AvgIpc) is 2.71. The summed E-state index contributed by atoms with van der Waals surface area (Å²) in [5.41, 5.74) is 1.13. The lowest BCUT2D eigenvalue weighted by Gasteiger charge is -2.09. The molecule has 4 aromatic rings. The molecule has 0 bridgehead atoms. The van der Waals surface area contributed by atoms with Crippen LogP contribution < -0.4 is 14.2 Å². The van der Waals surface area contributed by atoms with Crippen LogP contribution in [0.4, 0.5) is 0 Å². The lowest BCUT2D eigenvalue weighted by atomic mass is 10.2. The maximum Gasteiger partial charge on any atom is 0.331 e. The Balaban J connectivity index is 1.64. The van der Waals surface area contributed by atoms with Crippen molar-refractivity contribution in [3.05, 3.63) is 90.5 Å². The Hall–Kier alpha value is -3.93. The van der Waals surface area contributed by atoms with Gasteiger partial charge in [0.2, 0.25) is 0 Å². The topological polar surface area (TPSA) is 66.4 Å². The molecule has 0 aliphatic carbocycles. The van der Waals surface area contributed by atoms with Crippen molar-refractivity contribution in [3.8, 4) is 35.3 Å². The van der Waals surface area contributed by atoms with Crippen LogP contribution in [0.2, 0.25) is 0 Å². The van der Waals surface area contributed by atoms with Gasteiger partial charge in [0, 0.05) is 0 Å². The number of para-hydroxylation sites is 2. The summed E-state index contributed by atoms with van der Waals surface area (Å²) in [4.78, 5) is 12.7. The lowest BCUT2D eigenvalue weighted by molar-refractivity contribution is 0.362. The zero-order valence-electron chi connectivity index (χ0n) is 15.1. The Morgan fingerprint density at radius 2 is 0.821 bits per heavy atom. The van der Waals surface area contributed by atoms with Crippen LogP contribution in [-0.2, 0) is 0 Å². The van der Waals surface area contributed by atoms with Gasteiger partial charge < -0.3 is 14.2 Å². The molecule has 3 aromatic carbocycles. The first-order valence-electron chi connectivity index (χ1n) is 8.71. The molecule has 0 fully saturated rings. The van der Waals surface area contributed by atoms with Gasteiger partial charge in [-0.25, -0.2) is 0 Å². The molecule has 1 aromatic heterocycles. The number of nitrogens with zero attached hydrogens (tertiary/aromatic N) is 3. The highest BCUT2D eigenvalue weighted by molar-refractivity contribution is 5.30. The SMILES string of the molecule is Cc1ccc(Oc2nc(Oc3ccccc3)nc(Oc3ccccc3)n2)cc1. The fourth-order valence-corrected chi connectivity index (χ4v) is 2.36. The van der Waals surface area contributed by atoms with E-state index in [0.717, 1.165) is 5.56 Å². The first kappa shape index (κ1) is 17.5. The second kappa shape index (κ2) is 8.18. The normalized spacial score (nSPS) is 10.3. The Bertz CT molecular complexity index is 980. The van der Waals surface area contributed by atoms with Gasteiger partial charge in [-0.2, -0.15) is 0 Å². The van der Waals surface area contributed by atoms with Gasteiger partial charge in [0.05, 0.1) is 0 Å². The Labute approximate surface area is 162 Å². The summed E-state index contributed by atoms with van der Waals surface area (Å²) < 4.78 is 17.2. The molecule has 0 atom stereocenters. The van der Waals surface area contributed by atoms with E-state index in [1.807, 2.05) is 91.9 Å². The fraction of sp³-hybridized carbons (Fsp3) is 0.0455. The molecule has 1 heterocycles. The molecule has 0 saturated carbocycles. The molecule has 0 N–H and O–H groups in total. The molecule has 0 spiro atoms. The molecular formula is C22H17N3O3. The number of aromatic nitrogens is 3. The van der Waals surface area contributed by atoms with E-state index in [2.05, 4.69) is 15.0 Å². The summed E-state index contributed by atoms with van der Waals surface area (Å²) in [6, 6.07) is 26.3. The molecule has 0 unspecified atom stereocenters. The van der Waals surface area contributed by atoms with Gasteiger partial charge in [-0.3, -0.25) is 0 Å². The number of hydrogen-bond donors (Lipinski definition) is 0. The highest BCUT2D eigenvalue weighted by Gasteiger charge is 2.12. The van der Waals surface area contributed by atoms with Crippen LogP contribution in [0.1, 0.15) is 5.56 Å². The van der Waals surface area contributed by atoms with Crippen molar-refractivity contribution in [1.29, 1.82) is 0 Å². The maximum absolute atomic E-state index is 5.77. The van der Waals surface area contributed by atoms with Gasteiger partial charge in [-0.15, -0.1) is 15.0 Å². The largest absolute Gasteiger partial charge is 0.424 e. The van der Waals surface area contributed by atoms with Crippen LogP contribution in [0.25, 0.3) is 0 Å². The number of ether oxygens (including phenoxy) is 3. The second-order valence-electron chi connectivity index (χ2n) is 5.93. The maximum atomic E-state index is 5.77. The van der Waals surface area contributed by atoms with Crippen molar-refractivity contribution in [2.45, 2.75) is 6.92 Å². The molecule has 6 heteroatoms. The second-order valence-corrected chi connectivity index (χ2v) is 5.93. The molecule has 6 nitrogen and oxygen atoms in total. The lowest BCUT2D eigenvalue weighted by Crippen LogP contribution is -2.01. The van der Waals surface area contributed by atoms with Gasteiger partial charge in [0.15, 0.2) is 0 Å². The molecule has 0 amide bonds. The third-order valence-electron chi connectivity index (χ3n) is 3.71. The third kappa shape index (κ3) is 4.62. The van der Waals surface area contributed by atoms with Crippen LogP contribution in [0.3, 0.4) is 0 Å². The number of benzene rings is 3. The molecular weight excluding hydrogens is 354 g/mol. The van der Waals surface area contributed by atoms with Crippen LogP contribution in [0.5, 0.6) is 35.3 Å². The van der Waals surface area contributed by atoms with E-state index in [0.29, 0.717) is 17.2 Å². The zero-order valence-corrected chi connectivity index (χ0v) is 15.1. The minimum atomic E-state index is 0.0780. The number of rotatable bonds is 6. The van der Waals surface area contributed by atoms with Crippen LogP contribution in [0.15, 0.2) is 84.9 Å². The predicted molar refractivity (Wildman–Crippen MR) is 104 cm³/mol. The molecule has 28 heavy (non-hydrogen) atoms. The van der Waals surface area contributed by atoms with Crippen molar-refractivity contribution in [1.82, 2.24) is 15.0 Å². The quantitative estimate of drug-likeness (QED) is 0.442. The Kier molecular flexibility index (Phi) is 5.11. The minimum absolute atomic E-state index is 0.0780. The Morgan fingerprint density at radius 1 is 0.464 bits per heavy atom. The number of aryl methyl sites for hydroxylation is 1. The predicted octanol–water partition coefficient (Wildman–Crippen LogP) is 5.56. The van der Waals surface area contributed by atoms with E-state index >= 15 is 0 Å². The Morgan fingerprint density at radius 3 is 1.21 bits per heavy atom. The zero-order chi connectivity index (χ0) is 19.2. The van der Waals surface area contributed by atoms with E-state index < -0.39 is 0 Å². The fourth-order valence-electron chi connectivity index (χ4n) is 2.36. The standard InChI is InChI=1S/C22H17N3O3/c1-16-12-14-19(15-13-16)28-22-24-20(26-17-8-4-2-5-9-17)23-21(25-22)27-18-10-6-3-7-11-18/h2-15H,1H3. The van der Waals surface area contributed by atoms with Gasteiger partial charge in [0.1, 0.15) is 17.2 Å². The molecule has 4 rings (SSSR count). The van der Waals surface area contributed by atoms with Gasteiger partial charge in [-0.05, 0) is 43.3 Å². The summed E-state index contributed by atoms with van der Waals surface area (Å²) >= 11 is 0. The molecule has 0 saturated heterocycles. The summed E-state index contributed by atoms with van der Waals surface area (Å²) in [6.07, 6.45) is 0. The average molecular weight is 371 g/mol. The summed E-state index contributed by atoms with van der Waals surface area (Å²) in [7, 11) is 0. The van der Waals surface area contributed by atoms with Crippen molar-refractivity contribution in [2.75, 3.05) is 0 Å². The molecule has 0 radical (unpaired) electrons. The van der Waals surface area contributed by atoms with Crippen molar-refractivity contribution >= 4 is 0 Å². The van der Waals surface area contributed by atoms with E-state index in [1.165, 1.54) is 0 Å². The van der Waals surface area contributed by atoms with E-state index in [1.54, 1.807) is 0 Å². The van der Waals surface area contributed by atoms with Gasteiger partial charge >= 0.3 is 18.0 Å². The van der Waals surface area contributed by atoms with Gasteiger partial charge in [0.25, 0.3) is 0 Å². The first-order valence-corrected chi connectivity index (χ1v) is 8.71. The van der Waals surface area contributed by atoms with Crippen molar-refractivity contribution in [2.24, 2.45) is 0 Å². The highest BCUT2D eigenvalue weighted by Crippen LogP contribution is 2.26. The summed E-state index contributed by atoms with van der Waals surface area (Å²) in [5.74, 6) is 1.80. The molecule has 0 aliphatic heterocycles. The first-order chi connectivity index (χ1) is 13.7. The van der Waals surface area contributed by atoms with E-state index in [4.69, 9.17) is 14.2 Å². The van der Waals surface area contributed by atoms with Crippen LogP contribution >= 0.6 is 0 Å². The molecule has 0 aliphatic rings. The summed E-state index contributed by atoms with van der Waals surface area (Å²) in [6.45, 7) is 2.00. The third-order valence-corrected chi connectivity index (χ3v) is 3.71.